The second kappa shape index (κ2) is 8.70. The summed E-state index contributed by atoms with van der Waals surface area (Å²) in [4.78, 5) is 16.1. The lowest BCUT2D eigenvalue weighted by Crippen LogP contribution is -2.44. The van der Waals surface area contributed by atoms with Crippen molar-refractivity contribution in [3.05, 3.63) is 79.1 Å². The van der Waals surface area contributed by atoms with Crippen molar-refractivity contribution in [2.45, 2.75) is 13.0 Å². The molecule has 6 heterocycles. The summed E-state index contributed by atoms with van der Waals surface area (Å²) in [6.07, 6.45) is 10.7. The van der Waals surface area contributed by atoms with Gasteiger partial charge in [0.05, 0.1) is 37.0 Å². The Labute approximate surface area is 214 Å². The number of fused-ring (bicyclic) bond motifs is 1. The number of nitrogens with one attached hydrogen (secondary N) is 1. The number of nitrogens with zero attached hydrogens (tertiary/aromatic N) is 7. The monoisotopic (exact) mass is 492 g/mol. The first kappa shape index (κ1) is 22.0. The molecule has 1 N–H and O–H groups in total. The van der Waals surface area contributed by atoms with Crippen molar-refractivity contribution in [3.63, 3.8) is 0 Å². The summed E-state index contributed by atoms with van der Waals surface area (Å²) in [7, 11) is 1.93. The molecule has 37 heavy (non-hydrogen) atoms. The molecule has 2 fully saturated rings. The van der Waals surface area contributed by atoms with Gasteiger partial charge in [0.2, 0.25) is 0 Å². The first-order valence-corrected chi connectivity index (χ1v) is 12.6. The van der Waals surface area contributed by atoms with Crippen molar-refractivity contribution in [3.8, 4) is 22.5 Å². The summed E-state index contributed by atoms with van der Waals surface area (Å²) in [6.45, 7) is 4.58. The van der Waals surface area contributed by atoms with Crippen LogP contribution < -0.4 is 10.2 Å². The van der Waals surface area contributed by atoms with Crippen LogP contribution in [0.2, 0.25) is 0 Å². The van der Waals surface area contributed by atoms with E-state index in [0.717, 1.165) is 60.3 Å². The topological polar surface area (TPSA) is 85.4 Å². The molecule has 4 aromatic heterocycles. The molecule has 7 rings (SSSR count). The summed E-state index contributed by atoms with van der Waals surface area (Å²) in [5.74, 6) is 0.776. The highest BCUT2D eigenvalue weighted by Crippen LogP contribution is 2.39. The van der Waals surface area contributed by atoms with Gasteiger partial charge >= 0.3 is 0 Å². The van der Waals surface area contributed by atoms with E-state index in [0.29, 0.717) is 12.0 Å². The maximum Gasteiger partial charge on any atom is 0.139 e. The quantitative estimate of drug-likeness (QED) is 0.383. The fraction of sp³-hybridized carbons (Fsp3) is 0.286. The largest absolute Gasteiger partial charge is 0.380 e. The third-order valence-electron chi connectivity index (χ3n) is 7.51. The van der Waals surface area contributed by atoms with Gasteiger partial charge in [-0.2, -0.15) is 5.10 Å². The highest BCUT2D eigenvalue weighted by molar-refractivity contribution is 5.66. The molecule has 0 bridgehead atoms. The van der Waals surface area contributed by atoms with Gasteiger partial charge < -0.3 is 15.0 Å². The van der Waals surface area contributed by atoms with E-state index >= 15 is 0 Å². The minimum absolute atomic E-state index is 0.360. The lowest BCUT2D eigenvalue weighted by Gasteiger charge is -2.37. The summed E-state index contributed by atoms with van der Waals surface area (Å²) in [5.41, 5.74) is 7.70. The molecule has 0 radical (unpaired) electrons. The van der Waals surface area contributed by atoms with E-state index < -0.39 is 0 Å². The summed E-state index contributed by atoms with van der Waals surface area (Å²) in [6, 6.07) is 14.8. The third-order valence-corrected chi connectivity index (χ3v) is 7.51. The third kappa shape index (κ3) is 4.11. The Morgan fingerprint density at radius 1 is 1.00 bits per heavy atom. The van der Waals surface area contributed by atoms with E-state index in [2.05, 4.69) is 77.3 Å². The maximum absolute atomic E-state index is 5.48. The Balaban J connectivity index is 1.06. The number of rotatable bonds is 6. The van der Waals surface area contributed by atoms with Crippen molar-refractivity contribution in [1.82, 2.24) is 29.1 Å². The molecule has 2 aliphatic rings. The van der Waals surface area contributed by atoms with Gasteiger partial charge in [0.15, 0.2) is 0 Å². The van der Waals surface area contributed by atoms with E-state index in [1.165, 1.54) is 17.7 Å². The van der Waals surface area contributed by atoms with Crippen LogP contribution in [-0.4, -0.2) is 55.4 Å². The minimum atomic E-state index is 0.360. The number of aromatic nitrogens is 6. The Bertz CT molecular complexity index is 1570. The van der Waals surface area contributed by atoms with Gasteiger partial charge in [-0.3, -0.25) is 9.08 Å². The normalized spacial score (nSPS) is 16.4. The second-order valence-corrected chi connectivity index (χ2v) is 10.2. The zero-order valence-electron chi connectivity index (χ0n) is 20.7. The standard InChI is InChI=1S/C28H28N8O/c1-34-15-22(13-33-34)21-4-2-20(3-5-21)12-29-26-11-24(31-19-32-26)25-14-30-27-10-23(6-8-36(25)27)35-9-7-28(16-35)17-37-18-28/h2-6,8,10-11,13-15,19H,7,9,12,16-18H2,1H3,(H,29,31,32). The van der Waals surface area contributed by atoms with Crippen LogP contribution in [0, 0.1) is 5.41 Å². The van der Waals surface area contributed by atoms with Crippen molar-refractivity contribution < 1.29 is 4.74 Å². The molecule has 9 nitrogen and oxygen atoms in total. The Morgan fingerprint density at radius 3 is 2.65 bits per heavy atom. The van der Waals surface area contributed by atoms with Gasteiger partial charge in [-0.1, -0.05) is 24.3 Å². The molecule has 186 valence electrons. The molecular formula is C28H28N8O. The molecule has 2 aliphatic heterocycles. The van der Waals surface area contributed by atoms with Gasteiger partial charge in [0, 0.05) is 67.9 Å². The van der Waals surface area contributed by atoms with Gasteiger partial charge in [-0.15, -0.1) is 0 Å². The predicted molar refractivity (Wildman–Crippen MR) is 142 cm³/mol. The van der Waals surface area contributed by atoms with Crippen LogP contribution in [0.1, 0.15) is 12.0 Å². The molecular weight excluding hydrogens is 464 g/mol. The van der Waals surface area contributed by atoms with E-state index in [-0.39, 0.29) is 0 Å². The predicted octanol–water partition coefficient (Wildman–Crippen LogP) is 4.03. The molecule has 5 aromatic rings. The van der Waals surface area contributed by atoms with Crippen LogP contribution >= 0.6 is 0 Å². The highest BCUT2D eigenvalue weighted by Gasteiger charge is 2.44. The smallest absolute Gasteiger partial charge is 0.139 e. The molecule has 0 amide bonds. The fourth-order valence-electron chi connectivity index (χ4n) is 5.31. The average molecular weight is 493 g/mol. The molecule has 9 heteroatoms. The SMILES string of the molecule is Cn1cc(-c2ccc(CNc3cc(-c4cnc5cc(N6CCC7(COC7)C6)ccn45)ncn3)cc2)cn1. The van der Waals surface area contributed by atoms with Crippen LogP contribution in [0.15, 0.2) is 73.6 Å². The Kier molecular flexibility index (Phi) is 5.17. The molecule has 2 saturated heterocycles. The zero-order chi connectivity index (χ0) is 24.8. The van der Waals surface area contributed by atoms with Crippen LogP contribution in [0.3, 0.4) is 0 Å². The Hall–Kier alpha value is -4.24. The zero-order valence-corrected chi connectivity index (χ0v) is 20.7. The number of pyridine rings is 1. The van der Waals surface area contributed by atoms with Crippen LogP contribution in [-0.2, 0) is 18.3 Å². The summed E-state index contributed by atoms with van der Waals surface area (Å²) >= 11 is 0. The minimum Gasteiger partial charge on any atom is -0.380 e. The number of hydrogen-bond donors (Lipinski definition) is 1. The van der Waals surface area contributed by atoms with E-state index in [9.17, 15) is 0 Å². The second-order valence-electron chi connectivity index (χ2n) is 10.2. The summed E-state index contributed by atoms with van der Waals surface area (Å²) < 4.78 is 9.38. The van der Waals surface area contributed by atoms with Crippen LogP contribution in [0.4, 0.5) is 11.5 Å². The first-order chi connectivity index (χ1) is 18.1. The number of ether oxygens (including phenoxy) is 1. The van der Waals surface area contributed by atoms with Gasteiger partial charge in [-0.25, -0.2) is 15.0 Å². The number of benzene rings is 1. The highest BCUT2D eigenvalue weighted by atomic mass is 16.5. The van der Waals surface area contributed by atoms with Crippen molar-refractivity contribution in [2.24, 2.45) is 12.5 Å². The number of anilines is 2. The van der Waals surface area contributed by atoms with E-state index in [1.54, 1.807) is 6.33 Å². The average Bonchev–Trinajstić information content (AvgIpc) is 3.65. The maximum atomic E-state index is 5.48. The summed E-state index contributed by atoms with van der Waals surface area (Å²) in [5, 5.41) is 7.68. The lowest BCUT2D eigenvalue weighted by atomic mass is 9.85. The lowest BCUT2D eigenvalue weighted by molar-refractivity contribution is -0.0985. The molecule has 0 aliphatic carbocycles. The number of imidazole rings is 1. The number of aryl methyl sites for hydroxylation is 1. The van der Waals surface area contributed by atoms with Crippen molar-refractivity contribution >= 4 is 17.2 Å². The Morgan fingerprint density at radius 2 is 1.89 bits per heavy atom. The number of hydrogen-bond acceptors (Lipinski definition) is 7. The van der Waals surface area contributed by atoms with Gasteiger partial charge in [-0.05, 0) is 23.6 Å². The molecule has 1 aromatic carbocycles. The van der Waals surface area contributed by atoms with E-state index in [1.807, 2.05) is 36.4 Å². The molecule has 0 atom stereocenters. The van der Waals surface area contributed by atoms with Crippen LogP contribution in [0.5, 0.6) is 0 Å². The first-order valence-electron chi connectivity index (χ1n) is 12.6. The van der Waals surface area contributed by atoms with E-state index in [4.69, 9.17) is 4.74 Å². The van der Waals surface area contributed by atoms with Crippen molar-refractivity contribution in [1.29, 1.82) is 0 Å². The van der Waals surface area contributed by atoms with Crippen LogP contribution in [0.25, 0.3) is 28.2 Å². The molecule has 1 spiro atoms. The molecule has 0 saturated carbocycles. The van der Waals surface area contributed by atoms with Crippen molar-refractivity contribution in [2.75, 3.05) is 36.5 Å². The fourth-order valence-corrected chi connectivity index (χ4v) is 5.31. The van der Waals surface area contributed by atoms with Gasteiger partial charge in [0.1, 0.15) is 17.8 Å². The van der Waals surface area contributed by atoms with Gasteiger partial charge in [0.25, 0.3) is 0 Å². The molecule has 0 unspecified atom stereocenters.